The van der Waals surface area contributed by atoms with Gasteiger partial charge in [0.1, 0.15) is 0 Å². The number of urea groups is 1. The molecule has 2 saturated heterocycles. The lowest BCUT2D eigenvalue weighted by molar-refractivity contribution is 0.122. The molecule has 2 fully saturated rings. The first-order valence-corrected chi connectivity index (χ1v) is 8.48. The number of ether oxygens (including phenoxy) is 3. The molecule has 1 aromatic carbocycles. The van der Waals surface area contributed by atoms with Crippen LogP contribution in [0.5, 0.6) is 17.2 Å². The quantitative estimate of drug-likeness (QED) is 0.903. The first-order chi connectivity index (χ1) is 11.7. The number of benzene rings is 1. The normalized spacial score (nSPS) is 23.5. The highest BCUT2D eigenvalue weighted by Crippen LogP contribution is 2.42. The predicted molar refractivity (Wildman–Crippen MR) is 87.5 cm³/mol. The molecule has 0 bridgehead atoms. The number of fused-ring (bicyclic) bond motifs is 1. The second-order valence-corrected chi connectivity index (χ2v) is 6.49. The van der Waals surface area contributed by atoms with Crippen molar-refractivity contribution in [3.8, 4) is 17.2 Å². The molecule has 0 aromatic heterocycles. The Hall–Kier alpha value is -2.15. The summed E-state index contributed by atoms with van der Waals surface area (Å²) in [5, 5.41) is 2.90. The van der Waals surface area contributed by atoms with Gasteiger partial charge >= 0.3 is 6.03 Å². The summed E-state index contributed by atoms with van der Waals surface area (Å²) in [6, 6.07) is 4.42. The van der Waals surface area contributed by atoms with Crippen LogP contribution >= 0.6 is 0 Å². The number of piperidine rings is 1. The molecule has 1 unspecified atom stereocenters. The SMILES string of the molecule is COc1cc(CN2CCCC(N3CCNC3=O)C2)cc2c1OCO2. The lowest BCUT2D eigenvalue weighted by atomic mass is 10.0. The van der Waals surface area contributed by atoms with Gasteiger partial charge in [0.15, 0.2) is 11.5 Å². The van der Waals surface area contributed by atoms with E-state index in [0.717, 1.165) is 56.9 Å². The van der Waals surface area contributed by atoms with Crippen molar-refractivity contribution in [2.45, 2.75) is 25.4 Å². The molecule has 1 atom stereocenters. The number of carbonyl (C=O) groups is 1. The first-order valence-electron chi connectivity index (χ1n) is 8.48. The fourth-order valence-corrected chi connectivity index (χ4v) is 3.80. The lowest BCUT2D eigenvalue weighted by Crippen LogP contribution is -2.48. The van der Waals surface area contributed by atoms with Crippen LogP contribution < -0.4 is 19.5 Å². The van der Waals surface area contributed by atoms with Gasteiger partial charge in [0.05, 0.1) is 7.11 Å². The molecule has 24 heavy (non-hydrogen) atoms. The molecule has 1 aromatic rings. The van der Waals surface area contributed by atoms with Crippen LogP contribution in [0.2, 0.25) is 0 Å². The van der Waals surface area contributed by atoms with E-state index in [1.165, 1.54) is 0 Å². The van der Waals surface area contributed by atoms with Crippen LogP contribution in [-0.4, -0.2) is 62.0 Å². The molecule has 3 aliphatic rings. The zero-order chi connectivity index (χ0) is 16.5. The second-order valence-electron chi connectivity index (χ2n) is 6.49. The summed E-state index contributed by atoms with van der Waals surface area (Å²) in [5.41, 5.74) is 1.14. The Labute approximate surface area is 141 Å². The molecular weight excluding hydrogens is 310 g/mol. The highest BCUT2D eigenvalue weighted by molar-refractivity contribution is 5.76. The third-order valence-electron chi connectivity index (χ3n) is 4.94. The van der Waals surface area contributed by atoms with Gasteiger partial charge in [-0.1, -0.05) is 0 Å². The first kappa shape index (κ1) is 15.4. The third kappa shape index (κ3) is 2.84. The number of hydrogen-bond acceptors (Lipinski definition) is 5. The van der Waals surface area contributed by atoms with E-state index in [2.05, 4.69) is 10.2 Å². The van der Waals surface area contributed by atoms with Crippen molar-refractivity contribution in [2.75, 3.05) is 40.1 Å². The van der Waals surface area contributed by atoms with Gasteiger partial charge in [-0.15, -0.1) is 0 Å². The van der Waals surface area contributed by atoms with Crippen molar-refractivity contribution in [1.29, 1.82) is 0 Å². The molecule has 0 radical (unpaired) electrons. The Bertz CT molecular complexity index is 637. The summed E-state index contributed by atoms with van der Waals surface area (Å²) in [6.07, 6.45) is 2.19. The third-order valence-corrected chi connectivity index (χ3v) is 4.94. The lowest BCUT2D eigenvalue weighted by Gasteiger charge is -2.37. The zero-order valence-corrected chi connectivity index (χ0v) is 13.9. The van der Waals surface area contributed by atoms with Crippen LogP contribution in [0, 0.1) is 0 Å². The monoisotopic (exact) mass is 333 g/mol. The van der Waals surface area contributed by atoms with Gasteiger partial charge in [0, 0.05) is 32.2 Å². The Morgan fingerprint density at radius 3 is 3.04 bits per heavy atom. The van der Waals surface area contributed by atoms with Gasteiger partial charge < -0.3 is 24.4 Å². The molecule has 3 heterocycles. The number of nitrogens with zero attached hydrogens (tertiary/aromatic N) is 2. The Kier molecular flexibility index (Phi) is 4.10. The van der Waals surface area contributed by atoms with Gasteiger partial charge in [-0.05, 0) is 37.1 Å². The van der Waals surface area contributed by atoms with Crippen molar-refractivity contribution >= 4 is 6.03 Å². The maximum atomic E-state index is 11.9. The second kappa shape index (κ2) is 6.39. The summed E-state index contributed by atoms with van der Waals surface area (Å²) < 4.78 is 16.4. The molecule has 2 amide bonds. The Morgan fingerprint density at radius 2 is 2.25 bits per heavy atom. The molecule has 0 saturated carbocycles. The molecule has 4 rings (SSSR count). The van der Waals surface area contributed by atoms with Crippen LogP contribution in [0.3, 0.4) is 0 Å². The zero-order valence-electron chi connectivity index (χ0n) is 13.9. The number of likely N-dealkylation sites (tertiary alicyclic amines) is 1. The number of methoxy groups -OCH3 is 1. The van der Waals surface area contributed by atoms with Gasteiger partial charge in [0.2, 0.25) is 12.5 Å². The van der Waals surface area contributed by atoms with Crippen molar-refractivity contribution in [2.24, 2.45) is 0 Å². The average Bonchev–Trinajstić information content (AvgIpc) is 3.23. The molecule has 7 nitrogen and oxygen atoms in total. The van der Waals surface area contributed by atoms with Crippen molar-refractivity contribution in [3.05, 3.63) is 17.7 Å². The number of nitrogens with one attached hydrogen (secondary N) is 1. The van der Waals surface area contributed by atoms with Crippen LogP contribution in [0.15, 0.2) is 12.1 Å². The number of amides is 2. The maximum Gasteiger partial charge on any atom is 0.317 e. The highest BCUT2D eigenvalue weighted by atomic mass is 16.7. The van der Waals surface area contributed by atoms with E-state index < -0.39 is 0 Å². The number of carbonyl (C=O) groups excluding carboxylic acids is 1. The van der Waals surface area contributed by atoms with E-state index in [9.17, 15) is 4.79 Å². The molecule has 0 spiro atoms. The van der Waals surface area contributed by atoms with Gasteiger partial charge in [-0.2, -0.15) is 0 Å². The fourth-order valence-electron chi connectivity index (χ4n) is 3.80. The van der Waals surface area contributed by atoms with Crippen molar-refractivity contribution in [3.63, 3.8) is 0 Å². The van der Waals surface area contributed by atoms with Crippen LogP contribution in [0.1, 0.15) is 18.4 Å². The number of rotatable bonds is 4. The van der Waals surface area contributed by atoms with Gasteiger partial charge in [-0.3, -0.25) is 4.90 Å². The van der Waals surface area contributed by atoms with E-state index in [4.69, 9.17) is 14.2 Å². The predicted octanol–water partition coefficient (Wildman–Crippen LogP) is 1.41. The van der Waals surface area contributed by atoms with E-state index in [1.807, 2.05) is 17.0 Å². The Morgan fingerprint density at radius 1 is 1.33 bits per heavy atom. The standard InChI is InChI=1S/C17H23N3O4/c1-22-14-7-12(8-15-16(14)24-11-23-15)9-19-5-2-3-13(10-19)20-6-4-18-17(20)21/h7-8,13H,2-6,9-11H2,1H3,(H,18,21). The average molecular weight is 333 g/mol. The minimum Gasteiger partial charge on any atom is -0.493 e. The van der Waals surface area contributed by atoms with E-state index >= 15 is 0 Å². The van der Waals surface area contributed by atoms with Crippen molar-refractivity contribution in [1.82, 2.24) is 15.1 Å². The molecule has 7 heteroatoms. The summed E-state index contributed by atoms with van der Waals surface area (Å²) in [6.45, 7) is 4.58. The summed E-state index contributed by atoms with van der Waals surface area (Å²) in [5.74, 6) is 2.15. The van der Waals surface area contributed by atoms with Crippen LogP contribution in [0.25, 0.3) is 0 Å². The summed E-state index contributed by atoms with van der Waals surface area (Å²) >= 11 is 0. The van der Waals surface area contributed by atoms with Crippen LogP contribution in [0.4, 0.5) is 4.79 Å². The Balaban J connectivity index is 1.46. The number of hydrogen-bond donors (Lipinski definition) is 1. The van der Waals surface area contributed by atoms with E-state index in [1.54, 1.807) is 7.11 Å². The molecule has 0 aliphatic carbocycles. The summed E-state index contributed by atoms with van der Waals surface area (Å²) in [7, 11) is 1.64. The largest absolute Gasteiger partial charge is 0.493 e. The highest BCUT2D eigenvalue weighted by Gasteiger charge is 2.31. The molecular formula is C17H23N3O4. The van der Waals surface area contributed by atoms with E-state index in [0.29, 0.717) is 17.5 Å². The van der Waals surface area contributed by atoms with E-state index in [-0.39, 0.29) is 12.8 Å². The van der Waals surface area contributed by atoms with Gasteiger partial charge in [-0.25, -0.2) is 4.79 Å². The molecule has 3 aliphatic heterocycles. The van der Waals surface area contributed by atoms with Crippen LogP contribution in [-0.2, 0) is 6.54 Å². The molecule has 1 N–H and O–H groups in total. The molecule has 130 valence electrons. The topological polar surface area (TPSA) is 63.3 Å². The van der Waals surface area contributed by atoms with Gasteiger partial charge in [0.25, 0.3) is 0 Å². The van der Waals surface area contributed by atoms with Crippen molar-refractivity contribution < 1.29 is 19.0 Å². The fraction of sp³-hybridized carbons (Fsp3) is 0.588. The smallest absolute Gasteiger partial charge is 0.317 e. The minimum absolute atomic E-state index is 0.0756. The summed E-state index contributed by atoms with van der Waals surface area (Å²) in [4.78, 5) is 16.3. The minimum atomic E-state index is 0.0756. The maximum absolute atomic E-state index is 11.9.